The van der Waals surface area contributed by atoms with Crippen molar-refractivity contribution in [2.45, 2.75) is 108 Å². The molecule has 0 heterocycles. The van der Waals surface area contributed by atoms with E-state index in [1.54, 1.807) is 0 Å². The average Bonchev–Trinajstić information content (AvgIpc) is 2.96. The summed E-state index contributed by atoms with van der Waals surface area (Å²) in [5.41, 5.74) is 0. The number of aliphatic hydroxyl groups excluding tert-OH is 2. The summed E-state index contributed by atoms with van der Waals surface area (Å²) in [6.45, 7) is 4.11. The lowest BCUT2D eigenvalue weighted by Crippen LogP contribution is -2.22. The van der Waals surface area contributed by atoms with Crippen LogP contribution in [0.4, 0.5) is 0 Å². The molecule has 1 rings (SSSR count). The fraction of sp³-hybridized carbons (Fsp3) is 0.952. The van der Waals surface area contributed by atoms with E-state index in [4.69, 9.17) is 5.11 Å². The number of hydrogen-bond donors (Lipinski definition) is 3. The molecular weight excluding hydrogens is 348 g/mol. The molecule has 4 nitrogen and oxygen atoms in total. The Balaban J connectivity index is 2.23. The highest BCUT2D eigenvalue weighted by Gasteiger charge is 2.34. The Morgan fingerprint density at radius 3 is 2.46 bits per heavy atom. The van der Waals surface area contributed by atoms with Crippen molar-refractivity contribution in [2.75, 3.05) is 5.75 Å². The van der Waals surface area contributed by atoms with Gasteiger partial charge in [-0.15, -0.1) is 0 Å². The van der Waals surface area contributed by atoms with Crippen LogP contribution >= 0.6 is 11.8 Å². The molecule has 26 heavy (non-hydrogen) atoms. The normalized spacial score (nSPS) is 25.3. The molecule has 1 aliphatic rings. The third-order valence-corrected chi connectivity index (χ3v) is 7.39. The van der Waals surface area contributed by atoms with Crippen molar-refractivity contribution in [1.29, 1.82) is 0 Å². The second-order valence-electron chi connectivity index (χ2n) is 7.91. The lowest BCUT2D eigenvalue weighted by Gasteiger charge is -2.23. The molecule has 0 aromatic heterocycles. The summed E-state index contributed by atoms with van der Waals surface area (Å²) >= 11 is 1.85. The number of rotatable bonds is 15. The summed E-state index contributed by atoms with van der Waals surface area (Å²) in [4.78, 5) is 11.0. The van der Waals surface area contributed by atoms with Crippen molar-refractivity contribution < 1.29 is 20.1 Å². The SMILES string of the molecule is CCCCCC(O)CSC1CCC(O)C1CCCCCC(CC)C(=O)O. The number of thioether (sulfide) groups is 1. The maximum absolute atomic E-state index is 11.0. The molecule has 0 saturated heterocycles. The number of carbonyl (C=O) groups is 1. The lowest BCUT2D eigenvalue weighted by molar-refractivity contribution is -0.142. The van der Waals surface area contributed by atoms with Crippen LogP contribution in [0.5, 0.6) is 0 Å². The van der Waals surface area contributed by atoms with Gasteiger partial charge in [-0.25, -0.2) is 0 Å². The van der Waals surface area contributed by atoms with Crippen molar-refractivity contribution in [1.82, 2.24) is 0 Å². The summed E-state index contributed by atoms with van der Waals surface area (Å²) in [6, 6.07) is 0. The van der Waals surface area contributed by atoms with Gasteiger partial charge in [0.05, 0.1) is 18.1 Å². The number of hydrogen-bond acceptors (Lipinski definition) is 4. The zero-order valence-corrected chi connectivity index (χ0v) is 17.6. The minimum atomic E-state index is -0.673. The number of carboxylic acid groups (broad SMARTS) is 1. The first-order valence-electron chi connectivity index (χ1n) is 10.7. The van der Waals surface area contributed by atoms with Crippen molar-refractivity contribution >= 4 is 17.7 Å². The molecule has 0 bridgehead atoms. The highest BCUT2D eigenvalue weighted by molar-refractivity contribution is 7.99. The highest BCUT2D eigenvalue weighted by atomic mass is 32.2. The largest absolute Gasteiger partial charge is 0.481 e. The van der Waals surface area contributed by atoms with Gasteiger partial charge in [-0.3, -0.25) is 4.79 Å². The first-order chi connectivity index (χ1) is 12.5. The van der Waals surface area contributed by atoms with Gasteiger partial charge in [-0.1, -0.05) is 52.4 Å². The number of aliphatic carboxylic acids is 1. The van der Waals surface area contributed by atoms with E-state index in [0.29, 0.717) is 17.6 Å². The Labute approximate surface area is 164 Å². The average molecular weight is 389 g/mol. The van der Waals surface area contributed by atoms with Crippen molar-refractivity contribution in [2.24, 2.45) is 11.8 Å². The summed E-state index contributed by atoms with van der Waals surface area (Å²) < 4.78 is 0. The molecule has 1 fully saturated rings. The van der Waals surface area contributed by atoms with E-state index in [9.17, 15) is 15.0 Å². The van der Waals surface area contributed by atoms with Crippen LogP contribution in [0.3, 0.4) is 0 Å². The van der Waals surface area contributed by atoms with Crippen LogP contribution in [0, 0.1) is 11.8 Å². The Hall–Kier alpha value is -0.260. The number of carboxylic acids is 1. The summed E-state index contributed by atoms with van der Waals surface area (Å²) in [7, 11) is 0. The molecule has 0 aromatic rings. The van der Waals surface area contributed by atoms with Crippen LogP contribution in [0.1, 0.15) is 90.9 Å². The molecule has 3 N–H and O–H groups in total. The van der Waals surface area contributed by atoms with Crippen LogP contribution in [-0.4, -0.2) is 44.5 Å². The molecule has 0 spiro atoms. The Kier molecular flexibility index (Phi) is 12.7. The highest BCUT2D eigenvalue weighted by Crippen LogP contribution is 2.39. The first kappa shape index (κ1) is 23.8. The molecule has 0 amide bonds. The van der Waals surface area contributed by atoms with Crippen LogP contribution < -0.4 is 0 Å². The second kappa shape index (κ2) is 13.8. The molecule has 0 radical (unpaired) electrons. The van der Waals surface area contributed by atoms with Crippen LogP contribution in [0.15, 0.2) is 0 Å². The molecule has 0 aromatic carbocycles. The van der Waals surface area contributed by atoms with E-state index >= 15 is 0 Å². The van der Waals surface area contributed by atoms with E-state index in [-0.39, 0.29) is 18.1 Å². The lowest BCUT2D eigenvalue weighted by atomic mass is 9.94. The third-order valence-electron chi connectivity index (χ3n) is 5.79. The van der Waals surface area contributed by atoms with Gasteiger partial charge in [-0.05, 0) is 44.4 Å². The van der Waals surface area contributed by atoms with Gasteiger partial charge in [0.25, 0.3) is 0 Å². The molecule has 5 heteroatoms. The molecule has 154 valence electrons. The molecule has 1 aliphatic carbocycles. The van der Waals surface area contributed by atoms with Gasteiger partial charge in [0.2, 0.25) is 0 Å². The molecule has 0 aliphatic heterocycles. The molecule has 5 atom stereocenters. The van der Waals surface area contributed by atoms with Crippen LogP contribution in [-0.2, 0) is 4.79 Å². The number of unbranched alkanes of at least 4 members (excludes halogenated alkanes) is 4. The van der Waals surface area contributed by atoms with E-state index in [2.05, 4.69) is 6.92 Å². The standard InChI is InChI=1S/C21H40O4S/c1-3-5-7-11-17(22)15-26-20-14-13-19(23)18(20)12-9-6-8-10-16(4-2)21(24)25/h16-20,22-23H,3-15H2,1-2H3,(H,24,25). The predicted molar refractivity (Wildman–Crippen MR) is 110 cm³/mol. The van der Waals surface area contributed by atoms with Gasteiger partial charge >= 0.3 is 5.97 Å². The second-order valence-corrected chi connectivity index (χ2v) is 9.18. The van der Waals surface area contributed by atoms with E-state index in [1.165, 1.54) is 12.8 Å². The Morgan fingerprint density at radius 2 is 1.81 bits per heavy atom. The molecular formula is C21H40O4S. The van der Waals surface area contributed by atoms with Gasteiger partial charge in [-0.2, -0.15) is 11.8 Å². The van der Waals surface area contributed by atoms with E-state index in [1.807, 2.05) is 18.7 Å². The van der Waals surface area contributed by atoms with Gasteiger partial charge in [0, 0.05) is 11.0 Å². The topological polar surface area (TPSA) is 77.8 Å². The minimum Gasteiger partial charge on any atom is -0.481 e. The fourth-order valence-corrected chi connectivity index (χ4v) is 5.50. The zero-order valence-electron chi connectivity index (χ0n) is 16.7. The predicted octanol–water partition coefficient (Wildman–Crippen LogP) is 4.86. The maximum atomic E-state index is 11.0. The number of aliphatic hydroxyl groups is 2. The van der Waals surface area contributed by atoms with Gasteiger partial charge < -0.3 is 15.3 Å². The Bertz CT molecular complexity index is 377. The fourth-order valence-electron chi connectivity index (χ4n) is 3.99. The molecule has 5 unspecified atom stereocenters. The van der Waals surface area contributed by atoms with Crippen molar-refractivity contribution in [3.05, 3.63) is 0 Å². The third kappa shape index (κ3) is 9.09. The summed E-state index contributed by atoms with van der Waals surface area (Å²) in [5.74, 6) is 0.246. The summed E-state index contributed by atoms with van der Waals surface area (Å²) in [6.07, 6.45) is 11.4. The quantitative estimate of drug-likeness (QED) is 0.349. The van der Waals surface area contributed by atoms with Gasteiger partial charge in [0.15, 0.2) is 0 Å². The summed E-state index contributed by atoms with van der Waals surface area (Å²) in [5, 5.41) is 30.0. The van der Waals surface area contributed by atoms with Gasteiger partial charge in [0.1, 0.15) is 0 Å². The van der Waals surface area contributed by atoms with Crippen molar-refractivity contribution in [3.63, 3.8) is 0 Å². The first-order valence-corrected chi connectivity index (χ1v) is 11.7. The van der Waals surface area contributed by atoms with Crippen LogP contribution in [0.2, 0.25) is 0 Å². The maximum Gasteiger partial charge on any atom is 0.306 e. The monoisotopic (exact) mass is 388 g/mol. The minimum absolute atomic E-state index is 0.202. The van der Waals surface area contributed by atoms with E-state index < -0.39 is 5.97 Å². The zero-order chi connectivity index (χ0) is 19.4. The Morgan fingerprint density at radius 1 is 1.08 bits per heavy atom. The smallest absolute Gasteiger partial charge is 0.306 e. The van der Waals surface area contributed by atoms with Crippen LogP contribution in [0.25, 0.3) is 0 Å². The van der Waals surface area contributed by atoms with Crippen molar-refractivity contribution in [3.8, 4) is 0 Å². The molecule has 1 saturated carbocycles. The van der Waals surface area contributed by atoms with E-state index in [0.717, 1.165) is 63.5 Å².